The first-order valence-corrected chi connectivity index (χ1v) is 11.3. The number of carbonyl (C=O) groups is 2. The van der Waals surface area contributed by atoms with Crippen LogP contribution in [0.3, 0.4) is 0 Å². The Kier molecular flexibility index (Phi) is 7.91. The molecule has 1 saturated carbocycles. The summed E-state index contributed by atoms with van der Waals surface area (Å²) in [4.78, 5) is 25.2. The van der Waals surface area contributed by atoms with Gasteiger partial charge in [-0.2, -0.15) is 22.0 Å². The van der Waals surface area contributed by atoms with Crippen molar-refractivity contribution in [3.8, 4) is 5.75 Å². The number of anilines is 1. The minimum absolute atomic E-state index is 0.134. The summed E-state index contributed by atoms with van der Waals surface area (Å²) in [6.45, 7) is -2.04. The molecule has 1 aliphatic carbocycles. The van der Waals surface area contributed by atoms with Crippen LogP contribution < -0.4 is 15.4 Å². The molecule has 0 radical (unpaired) electrons. The van der Waals surface area contributed by atoms with Crippen molar-refractivity contribution in [3.63, 3.8) is 0 Å². The van der Waals surface area contributed by atoms with Gasteiger partial charge in [-0.15, -0.1) is 23.2 Å². The van der Waals surface area contributed by atoms with E-state index < -0.39 is 58.0 Å². The van der Waals surface area contributed by atoms with E-state index in [-0.39, 0.29) is 21.5 Å². The molecular weight excluding hydrogens is 584 g/mol. The van der Waals surface area contributed by atoms with E-state index in [1.54, 1.807) is 0 Å². The van der Waals surface area contributed by atoms with Crippen LogP contribution in [0.15, 0.2) is 30.3 Å². The molecule has 1 fully saturated rings. The molecule has 0 bridgehead atoms. The number of carbonyl (C=O) groups excluding carboxylic acids is 2. The molecule has 5 nitrogen and oxygen atoms in total. The van der Waals surface area contributed by atoms with Crippen molar-refractivity contribution in [1.82, 2.24) is 5.32 Å². The van der Waals surface area contributed by atoms with Gasteiger partial charge in [-0.05, 0) is 29.8 Å². The number of ether oxygens (including phenoxy) is 1. The second-order valence-corrected chi connectivity index (χ2v) is 9.98. The van der Waals surface area contributed by atoms with Gasteiger partial charge < -0.3 is 15.4 Å². The molecule has 0 saturated heterocycles. The van der Waals surface area contributed by atoms with E-state index in [2.05, 4.69) is 5.32 Å². The first-order valence-electron chi connectivity index (χ1n) is 9.75. The average Bonchev–Trinajstić information content (AvgIpc) is 3.34. The van der Waals surface area contributed by atoms with Gasteiger partial charge in [0, 0.05) is 11.6 Å². The van der Waals surface area contributed by atoms with Crippen LogP contribution in [0.1, 0.15) is 21.8 Å². The predicted octanol–water partition coefficient (Wildman–Crippen LogP) is 6.59. The molecule has 2 N–H and O–H groups in total. The monoisotopic (exact) mass is 596 g/mol. The van der Waals surface area contributed by atoms with Crippen LogP contribution in [0.5, 0.6) is 5.75 Å². The zero-order valence-corrected chi connectivity index (χ0v) is 20.8. The van der Waals surface area contributed by atoms with E-state index in [0.717, 1.165) is 25.3 Å². The van der Waals surface area contributed by atoms with E-state index in [0.29, 0.717) is 5.56 Å². The molecule has 1 aliphatic rings. The van der Waals surface area contributed by atoms with Crippen LogP contribution in [0.25, 0.3) is 0 Å². The summed E-state index contributed by atoms with van der Waals surface area (Å²) in [7, 11) is 1.08. The highest BCUT2D eigenvalue weighted by molar-refractivity contribution is 6.53. The lowest BCUT2D eigenvalue weighted by Crippen LogP contribution is -2.46. The van der Waals surface area contributed by atoms with Crippen molar-refractivity contribution in [2.24, 2.45) is 5.92 Å². The highest BCUT2D eigenvalue weighted by Crippen LogP contribution is 2.65. The Balaban J connectivity index is 1.82. The highest BCUT2D eigenvalue weighted by atomic mass is 35.5. The van der Waals surface area contributed by atoms with Gasteiger partial charge in [0.2, 0.25) is 5.91 Å². The minimum Gasteiger partial charge on any atom is -0.494 e. The Labute approximate surface area is 220 Å². The zero-order chi connectivity index (χ0) is 27.2. The van der Waals surface area contributed by atoms with Gasteiger partial charge in [-0.3, -0.25) is 9.59 Å². The summed E-state index contributed by atoms with van der Waals surface area (Å²) in [5.41, 5.74) is -0.283. The first kappa shape index (κ1) is 28.5. The van der Waals surface area contributed by atoms with Gasteiger partial charge in [0.05, 0.1) is 35.2 Å². The van der Waals surface area contributed by atoms with E-state index >= 15 is 0 Å². The van der Waals surface area contributed by atoms with Crippen LogP contribution in [0.2, 0.25) is 10.0 Å². The standard InChI is InChI=1S/C21H14Cl4F6N2O3/c1-36-16-10(17(34)32-7-19(27,28)21(29,30)31)5-9(6-12(16)23)33-18(35)15-14(20(15,24)25)8-2-3-13(26)11(22)4-8/h2-6,14-15H,7H2,1H3,(H,32,34)(H,33,35). The predicted molar refractivity (Wildman–Crippen MR) is 122 cm³/mol. The average molecular weight is 598 g/mol. The van der Waals surface area contributed by atoms with Crippen molar-refractivity contribution >= 4 is 63.9 Å². The van der Waals surface area contributed by atoms with Gasteiger partial charge in [0.1, 0.15) is 15.9 Å². The normalized spacial score (nSPS) is 19.0. The highest BCUT2D eigenvalue weighted by Gasteiger charge is 2.67. The maximum Gasteiger partial charge on any atom is 0.455 e. The van der Waals surface area contributed by atoms with Gasteiger partial charge in [0.25, 0.3) is 5.91 Å². The number of alkyl halides is 7. The molecule has 0 aromatic heterocycles. The number of methoxy groups -OCH3 is 1. The molecule has 3 rings (SSSR count). The van der Waals surface area contributed by atoms with Gasteiger partial charge >= 0.3 is 12.1 Å². The number of rotatable bonds is 7. The van der Waals surface area contributed by atoms with E-state index in [1.807, 2.05) is 0 Å². The smallest absolute Gasteiger partial charge is 0.455 e. The van der Waals surface area contributed by atoms with E-state index in [1.165, 1.54) is 17.4 Å². The fourth-order valence-electron chi connectivity index (χ4n) is 3.42. The zero-order valence-electron chi connectivity index (χ0n) is 17.8. The lowest BCUT2D eigenvalue weighted by atomic mass is 10.1. The van der Waals surface area contributed by atoms with Crippen molar-refractivity contribution in [1.29, 1.82) is 0 Å². The summed E-state index contributed by atoms with van der Waals surface area (Å²) >= 11 is 24.3. The quantitative estimate of drug-likeness (QED) is 0.279. The SMILES string of the molecule is COc1c(Cl)cc(NC(=O)C2C(c3ccc(F)c(Cl)c3)C2(Cl)Cl)cc1C(=O)NCC(F)(F)C(F)(F)F. The van der Waals surface area contributed by atoms with Crippen LogP contribution in [-0.2, 0) is 4.79 Å². The largest absolute Gasteiger partial charge is 0.494 e. The fourth-order valence-corrected chi connectivity index (χ4v) is 4.74. The number of benzene rings is 2. The molecule has 2 atom stereocenters. The van der Waals surface area contributed by atoms with Crippen LogP contribution in [-0.4, -0.2) is 41.9 Å². The Morgan fingerprint density at radius 1 is 1.06 bits per heavy atom. The van der Waals surface area contributed by atoms with Crippen molar-refractivity contribution in [3.05, 3.63) is 57.3 Å². The molecule has 2 unspecified atom stereocenters. The maximum absolute atomic E-state index is 13.5. The summed E-state index contributed by atoms with van der Waals surface area (Å²) in [6, 6.07) is 5.79. The van der Waals surface area contributed by atoms with E-state index in [9.17, 15) is 35.9 Å². The van der Waals surface area contributed by atoms with Crippen molar-refractivity contribution in [2.75, 3.05) is 19.0 Å². The van der Waals surface area contributed by atoms with Gasteiger partial charge in [0.15, 0.2) is 0 Å². The number of hydrogen-bond acceptors (Lipinski definition) is 3. The molecule has 2 aromatic rings. The third-order valence-corrected chi connectivity index (χ3v) is 6.80. The number of nitrogens with one attached hydrogen (secondary N) is 2. The van der Waals surface area contributed by atoms with Crippen molar-refractivity contribution < 1.29 is 40.7 Å². The topological polar surface area (TPSA) is 67.4 Å². The Bertz CT molecular complexity index is 1210. The Morgan fingerprint density at radius 3 is 2.25 bits per heavy atom. The molecule has 36 heavy (non-hydrogen) atoms. The second-order valence-electron chi connectivity index (χ2n) is 7.72. The summed E-state index contributed by atoms with van der Waals surface area (Å²) in [5.74, 6) is -10.2. The van der Waals surface area contributed by atoms with Crippen LogP contribution >= 0.6 is 46.4 Å². The summed E-state index contributed by atoms with van der Waals surface area (Å²) in [5, 5.41) is 3.40. The fraction of sp³-hybridized carbons (Fsp3) is 0.333. The van der Waals surface area contributed by atoms with Gasteiger partial charge in [-0.25, -0.2) is 4.39 Å². The second kappa shape index (κ2) is 10.00. The molecule has 0 aliphatic heterocycles. The number of halogens is 10. The summed E-state index contributed by atoms with van der Waals surface area (Å²) in [6.07, 6.45) is -5.89. The minimum atomic E-state index is -5.89. The van der Waals surface area contributed by atoms with Crippen LogP contribution in [0, 0.1) is 11.7 Å². The maximum atomic E-state index is 13.5. The number of hydrogen-bond donors (Lipinski definition) is 2. The first-order chi connectivity index (χ1) is 16.5. The van der Waals surface area contributed by atoms with Gasteiger partial charge in [-0.1, -0.05) is 29.3 Å². The Hall–Kier alpha value is -2.08. The molecular formula is C21H14Cl4F6N2O3. The Morgan fingerprint density at radius 2 is 1.69 bits per heavy atom. The summed E-state index contributed by atoms with van der Waals surface area (Å²) < 4.78 is 80.4. The lowest BCUT2D eigenvalue weighted by molar-refractivity contribution is -0.278. The number of amides is 2. The lowest BCUT2D eigenvalue weighted by Gasteiger charge is -2.20. The molecule has 196 valence electrons. The van der Waals surface area contributed by atoms with Crippen LogP contribution in [0.4, 0.5) is 32.0 Å². The molecule has 0 heterocycles. The molecule has 2 amide bonds. The van der Waals surface area contributed by atoms with E-state index in [4.69, 9.17) is 51.1 Å². The third-order valence-electron chi connectivity index (χ3n) is 5.28. The third kappa shape index (κ3) is 5.58. The molecule has 0 spiro atoms. The molecule has 2 aromatic carbocycles. The molecule has 15 heteroatoms. The van der Waals surface area contributed by atoms with Crippen molar-refractivity contribution in [2.45, 2.75) is 22.4 Å².